The molecule has 0 radical (unpaired) electrons. The lowest BCUT2D eigenvalue weighted by Gasteiger charge is -2.14. The Labute approximate surface area is 113 Å². The van der Waals surface area contributed by atoms with Crippen molar-refractivity contribution in [2.75, 3.05) is 0 Å². The first-order chi connectivity index (χ1) is 9.26. The fourth-order valence-corrected chi connectivity index (χ4v) is 2.87. The molecular weight excluding hydrogens is 236 g/mol. The highest BCUT2D eigenvalue weighted by atomic mass is 16.3. The second kappa shape index (κ2) is 5.19. The van der Waals surface area contributed by atoms with Crippen LogP contribution >= 0.6 is 0 Å². The van der Waals surface area contributed by atoms with Crippen LogP contribution in [0.1, 0.15) is 40.7 Å². The van der Waals surface area contributed by atoms with E-state index in [9.17, 15) is 0 Å². The number of furan rings is 1. The van der Waals surface area contributed by atoms with Crippen molar-refractivity contribution in [3.63, 3.8) is 0 Å². The molecule has 1 unspecified atom stereocenters. The van der Waals surface area contributed by atoms with Gasteiger partial charge in [0.25, 0.3) is 0 Å². The minimum absolute atomic E-state index is 0.0353. The van der Waals surface area contributed by atoms with E-state index in [0.29, 0.717) is 0 Å². The van der Waals surface area contributed by atoms with Crippen molar-refractivity contribution >= 4 is 0 Å². The number of hydrazine groups is 1. The largest absolute Gasteiger partial charge is 0.465 e. The zero-order chi connectivity index (χ0) is 13.2. The zero-order valence-electron chi connectivity index (χ0n) is 11.3. The molecule has 1 aromatic carbocycles. The van der Waals surface area contributed by atoms with Crippen LogP contribution in [0, 0.1) is 6.92 Å². The fourth-order valence-electron chi connectivity index (χ4n) is 2.87. The number of nitrogens with one attached hydrogen (secondary N) is 1. The molecule has 1 atom stereocenters. The van der Waals surface area contributed by atoms with Gasteiger partial charge < -0.3 is 4.42 Å². The highest BCUT2D eigenvalue weighted by Crippen LogP contribution is 2.26. The van der Waals surface area contributed by atoms with Crippen molar-refractivity contribution in [3.05, 3.63) is 58.5 Å². The summed E-state index contributed by atoms with van der Waals surface area (Å²) in [5.74, 6) is 7.49. The molecule has 1 aromatic heterocycles. The van der Waals surface area contributed by atoms with Crippen LogP contribution in [0.25, 0.3) is 0 Å². The molecule has 1 aliphatic carbocycles. The van der Waals surface area contributed by atoms with E-state index < -0.39 is 0 Å². The van der Waals surface area contributed by atoms with Crippen molar-refractivity contribution in [1.29, 1.82) is 0 Å². The van der Waals surface area contributed by atoms with E-state index in [-0.39, 0.29) is 6.04 Å². The van der Waals surface area contributed by atoms with Crippen molar-refractivity contribution in [2.45, 2.75) is 38.6 Å². The fraction of sp³-hybridized carbons (Fsp3) is 0.375. The molecular formula is C16H20N2O. The van der Waals surface area contributed by atoms with Crippen molar-refractivity contribution in [3.8, 4) is 0 Å². The maximum Gasteiger partial charge on any atom is 0.122 e. The minimum Gasteiger partial charge on any atom is -0.465 e. The SMILES string of the molecule is Cc1ccc(C(Cc2ccc3c(c2)CCC3)NN)o1. The van der Waals surface area contributed by atoms with E-state index in [1.54, 1.807) is 0 Å². The van der Waals surface area contributed by atoms with Gasteiger partial charge >= 0.3 is 0 Å². The summed E-state index contributed by atoms with van der Waals surface area (Å²) >= 11 is 0. The number of hydrogen-bond acceptors (Lipinski definition) is 3. The number of fused-ring (bicyclic) bond motifs is 1. The standard InChI is InChI=1S/C16H20N2O/c1-11-5-8-16(19-11)15(18-17)10-12-6-7-13-3-2-4-14(13)9-12/h5-9,15,18H,2-4,10,17H2,1H3. The first-order valence-electron chi connectivity index (χ1n) is 6.89. The lowest BCUT2D eigenvalue weighted by molar-refractivity contribution is 0.403. The molecule has 0 spiro atoms. The van der Waals surface area contributed by atoms with E-state index in [2.05, 4.69) is 23.6 Å². The third-order valence-corrected chi connectivity index (χ3v) is 3.91. The van der Waals surface area contributed by atoms with Crippen molar-refractivity contribution in [2.24, 2.45) is 5.84 Å². The lowest BCUT2D eigenvalue weighted by Crippen LogP contribution is -2.29. The third kappa shape index (κ3) is 2.57. The summed E-state index contributed by atoms with van der Waals surface area (Å²) in [6.07, 6.45) is 4.58. The molecule has 19 heavy (non-hydrogen) atoms. The van der Waals surface area contributed by atoms with Gasteiger partial charge in [-0.25, -0.2) is 5.43 Å². The summed E-state index contributed by atoms with van der Waals surface area (Å²) in [5, 5.41) is 0. The molecule has 0 amide bonds. The highest BCUT2D eigenvalue weighted by Gasteiger charge is 2.16. The molecule has 1 aliphatic rings. The third-order valence-electron chi connectivity index (χ3n) is 3.91. The van der Waals surface area contributed by atoms with Gasteiger partial charge in [-0.3, -0.25) is 5.84 Å². The first kappa shape index (κ1) is 12.5. The van der Waals surface area contributed by atoms with E-state index in [1.165, 1.54) is 36.0 Å². The number of hydrogen-bond donors (Lipinski definition) is 2. The Morgan fingerprint density at radius 2 is 2.05 bits per heavy atom. The van der Waals surface area contributed by atoms with E-state index >= 15 is 0 Å². The van der Waals surface area contributed by atoms with Gasteiger partial charge in [-0.05, 0) is 61.4 Å². The van der Waals surface area contributed by atoms with E-state index in [4.69, 9.17) is 10.3 Å². The van der Waals surface area contributed by atoms with E-state index in [0.717, 1.165) is 17.9 Å². The number of rotatable bonds is 4. The molecule has 0 bridgehead atoms. The minimum atomic E-state index is 0.0353. The Kier molecular flexibility index (Phi) is 3.40. The molecule has 0 fully saturated rings. The van der Waals surface area contributed by atoms with Gasteiger partial charge in [-0.2, -0.15) is 0 Å². The van der Waals surface area contributed by atoms with E-state index in [1.807, 2.05) is 19.1 Å². The number of benzene rings is 1. The summed E-state index contributed by atoms with van der Waals surface area (Å²) in [6, 6.07) is 10.8. The van der Waals surface area contributed by atoms with Crippen LogP contribution in [0.3, 0.4) is 0 Å². The maximum atomic E-state index is 5.66. The molecule has 2 aromatic rings. The molecule has 1 heterocycles. The topological polar surface area (TPSA) is 51.2 Å². The quantitative estimate of drug-likeness (QED) is 0.653. The van der Waals surface area contributed by atoms with Crippen molar-refractivity contribution < 1.29 is 4.42 Å². The van der Waals surface area contributed by atoms with Gasteiger partial charge in [-0.1, -0.05) is 18.2 Å². The van der Waals surface area contributed by atoms with Gasteiger partial charge in [-0.15, -0.1) is 0 Å². The average molecular weight is 256 g/mol. The van der Waals surface area contributed by atoms with Crippen LogP contribution in [0.2, 0.25) is 0 Å². The molecule has 3 rings (SSSR count). The van der Waals surface area contributed by atoms with Crippen LogP contribution < -0.4 is 11.3 Å². The summed E-state index contributed by atoms with van der Waals surface area (Å²) in [7, 11) is 0. The summed E-state index contributed by atoms with van der Waals surface area (Å²) < 4.78 is 5.66. The normalized spacial score (nSPS) is 15.5. The average Bonchev–Trinajstić information content (AvgIpc) is 3.04. The Balaban J connectivity index is 1.79. The summed E-state index contributed by atoms with van der Waals surface area (Å²) in [5.41, 5.74) is 7.18. The monoisotopic (exact) mass is 256 g/mol. The van der Waals surface area contributed by atoms with Crippen LogP contribution in [-0.2, 0) is 19.3 Å². The van der Waals surface area contributed by atoms with Gasteiger partial charge in [0.05, 0.1) is 6.04 Å². The Hall–Kier alpha value is -1.58. The van der Waals surface area contributed by atoms with Crippen LogP contribution in [-0.4, -0.2) is 0 Å². The molecule has 0 saturated carbocycles. The maximum absolute atomic E-state index is 5.66. The predicted octanol–water partition coefficient (Wildman–Crippen LogP) is 2.82. The number of aryl methyl sites for hydroxylation is 3. The molecule has 3 nitrogen and oxygen atoms in total. The molecule has 3 N–H and O–H groups in total. The van der Waals surface area contributed by atoms with Crippen molar-refractivity contribution in [1.82, 2.24) is 5.43 Å². The Morgan fingerprint density at radius 1 is 1.21 bits per heavy atom. The lowest BCUT2D eigenvalue weighted by atomic mass is 10.00. The molecule has 0 aliphatic heterocycles. The van der Waals surface area contributed by atoms with Crippen LogP contribution in [0.4, 0.5) is 0 Å². The van der Waals surface area contributed by atoms with Gasteiger partial charge in [0.1, 0.15) is 11.5 Å². The first-order valence-corrected chi connectivity index (χ1v) is 6.89. The second-order valence-corrected chi connectivity index (χ2v) is 5.33. The van der Waals surface area contributed by atoms with Gasteiger partial charge in [0.2, 0.25) is 0 Å². The Morgan fingerprint density at radius 3 is 2.79 bits per heavy atom. The molecule has 3 heteroatoms. The highest BCUT2D eigenvalue weighted by molar-refractivity contribution is 5.35. The smallest absolute Gasteiger partial charge is 0.122 e. The summed E-state index contributed by atoms with van der Waals surface area (Å²) in [4.78, 5) is 0. The second-order valence-electron chi connectivity index (χ2n) is 5.33. The molecule has 100 valence electrons. The molecule has 0 saturated heterocycles. The van der Waals surface area contributed by atoms with Crippen LogP contribution in [0.15, 0.2) is 34.7 Å². The van der Waals surface area contributed by atoms with Gasteiger partial charge in [0, 0.05) is 0 Å². The zero-order valence-corrected chi connectivity index (χ0v) is 11.3. The van der Waals surface area contributed by atoms with Gasteiger partial charge in [0.15, 0.2) is 0 Å². The number of nitrogens with two attached hydrogens (primary N) is 1. The predicted molar refractivity (Wildman–Crippen MR) is 75.7 cm³/mol. The summed E-state index contributed by atoms with van der Waals surface area (Å²) in [6.45, 7) is 1.95. The van der Waals surface area contributed by atoms with Crippen LogP contribution in [0.5, 0.6) is 0 Å². The Bertz CT molecular complexity index is 574.